The van der Waals surface area contributed by atoms with E-state index in [2.05, 4.69) is 72.1 Å². The van der Waals surface area contributed by atoms with Crippen LogP contribution in [0.15, 0.2) is 47.4 Å². The second-order valence-electron chi connectivity index (χ2n) is 6.47. The molecule has 1 unspecified atom stereocenters. The number of fused-ring (bicyclic) bond motifs is 1. The Hall–Kier alpha value is -1.65. The van der Waals surface area contributed by atoms with E-state index in [1.54, 1.807) is 0 Å². The molecule has 2 aromatic carbocycles. The highest BCUT2D eigenvalue weighted by molar-refractivity contribution is 7.99. The molecule has 0 radical (unpaired) electrons. The van der Waals surface area contributed by atoms with E-state index >= 15 is 0 Å². The Balaban J connectivity index is 1.78. The fourth-order valence-electron chi connectivity index (χ4n) is 3.11. The van der Waals surface area contributed by atoms with Crippen LogP contribution in [0.25, 0.3) is 0 Å². The maximum absolute atomic E-state index is 3.56. The highest BCUT2D eigenvalue weighted by Gasteiger charge is 2.24. The summed E-state index contributed by atoms with van der Waals surface area (Å²) in [5.41, 5.74) is 5.45. The van der Waals surface area contributed by atoms with Crippen molar-refractivity contribution in [3.63, 3.8) is 0 Å². The second kappa shape index (κ2) is 7.95. The molecule has 2 N–H and O–H groups in total. The number of rotatable bonds is 7. The molecule has 0 amide bonds. The summed E-state index contributed by atoms with van der Waals surface area (Å²) < 4.78 is 0. The van der Waals surface area contributed by atoms with E-state index in [0.717, 1.165) is 19.5 Å². The molecular formula is C20H27N3S. The van der Waals surface area contributed by atoms with E-state index in [1.807, 2.05) is 18.8 Å². The lowest BCUT2D eigenvalue weighted by Gasteiger charge is -2.17. The molecular weight excluding hydrogens is 314 g/mol. The third kappa shape index (κ3) is 3.87. The second-order valence-corrected chi connectivity index (χ2v) is 7.71. The number of nitrogens with one attached hydrogen (secondary N) is 2. The van der Waals surface area contributed by atoms with E-state index in [1.165, 1.54) is 33.8 Å². The van der Waals surface area contributed by atoms with Crippen molar-refractivity contribution in [3.05, 3.63) is 53.6 Å². The Morgan fingerprint density at radius 2 is 2.04 bits per heavy atom. The highest BCUT2D eigenvalue weighted by atomic mass is 32.2. The lowest BCUT2D eigenvalue weighted by molar-refractivity contribution is 0.719. The van der Waals surface area contributed by atoms with Crippen molar-refractivity contribution in [1.29, 1.82) is 0 Å². The van der Waals surface area contributed by atoms with Crippen molar-refractivity contribution in [2.75, 3.05) is 44.4 Å². The van der Waals surface area contributed by atoms with Crippen molar-refractivity contribution < 1.29 is 0 Å². The molecule has 4 heteroatoms. The Morgan fingerprint density at radius 1 is 1.21 bits per heavy atom. The normalized spacial score (nSPS) is 15.9. The minimum Gasteiger partial charge on any atom is -0.383 e. The lowest BCUT2D eigenvalue weighted by atomic mass is 10.1. The molecule has 0 spiro atoms. The van der Waals surface area contributed by atoms with Gasteiger partial charge in [-0.15, -0.1) is 11.8 Å². The molecule has 24 heavy (non-hydrogen) atoms. The van der Waals surface area contributed by atoms with E-state index in [-0.39, 0.29) is 0 Å². The summed E-state index contributed by atoms with van der Waals surface area (Å²) in [5, 5.41) is 7.28. The minimum atomic E-state index is 0.477. The maximum Gasteiger partial charge on any atom is 0.0538 e. The third-order valence-corrected chi connectivity index (χ3v) is 5.85. The highest BCUT2D eigenvalue weighted by Crippen LogP contribution is 2.44. The molecule has 2 aromatic rings. The summed E-state index contributed by atoms with van der Waals surface area (Å²) in [7, 11) is 6.22. The predicted octanol–water partition coefficient (Wildman–Crippen LogP) is 4.16. The van der Waals surface area contributed by atoms with Gasteiger partial charge in [-0.1, -0.05) is 18.2 Å². The van der Waals surface area contributed by atoms with E-state index < -0.39 is 0 Å². The smallest absolute Gasteiger partial charge is 0.0538 e. The van der Waals surface area contributed by atoms with Gasteiger partial charge in [0.05, 0.1) is 5.25 Å². The van der Waals surface area contributed by atoms with E-state index in [0.29, 0.717) is 5.25 Å². The van der Waals surface area contributed by atoms with Crippen LogP contribution < -0.4 is 15.5 Å². The van der Waals surface area contributed by atoms with Crippen molar-refractivity contribution in [3.8, 4) is 0 Å². The van der Waals surface area contributed by atoms with Gasteiger partial charge in [0, 0.05) is 36.9 Å². The molecule has 1 aliphatic rings. The van der Waals surface area contributed by atoms with Gasteiger partial charge in [0.1, 0.15) is 0 Å². The van der Waals surface area contributed by atoms with Crippen LogP contribution >= 0.6 is 11.8 Å². The molecule has 0 fully saturated rings. The molecule has 0 aliphatic carbocycles. The molecule has 0 bridgehead atoms. The first-order valence-electron chi connectivity index (χ1n) is 8.63. The van der Waals surface area contributed by atoms with Crippen LogP contribution in [0.5, 0.6) is 0 Å². The Kier molecular flexibility index (Phi) is 5.69. The summed E-state index contributed by atoms with van der Waals surface area (Å²) in [6, 6.07) is 15.6. The van der Waals surface area contributed by atoms with Crippen LogP contribution in [0.1, 0.15) is 22.8 Å². The van der Waals surface area contributed by atoms with E-state index in [4.69, 9.17) is 0 Å². The topological polar surface area (TPSA) is 27.3 Å². The summed E-state index contributed by atoms with van der Waals surface area (Å²) in [6.07, 6.45) is 2.31. The van der Waals surface area contributed by atoms with Crippen LogP contribution in [0.4, 0.5) is 11.4 Å². The number of benzene rings is 2. The van der Waals surface area contributed by atoms with Gasteiger partial charge in [-0.3, -0.25) is 0 Å². The van der Waals surface area contributed by atoms with Gasteiger partial charge in [-0.25, -0.2) is 0 Å². The third-order valence-electron chi connectivity index (χ3n) is 4.49. The average molecular weight is 342 g/mol. The largest absolute Gasteiger partial charge is 0.383 e. The zero-order chi connectivity index (χ0) is 16.9. The Labute approximate surface area is 149 Å². The first kappa shape index (κ1) is 17.2. The molecule has 3 nitrogen and oxygen atoms in total. The predicted molar refractivity (Wildman–Crippen MR) is 107 cm³/mol. The van der Waals surface area contributed by atoms with Crippen molar-refractivity contribution >= 4 is 23.1 Å². The monoisotopic (exact) mass is 341 g/mol. The van der Waals surface area contributed by atoms with Crippen molar-refractivity contribution in [2.24, 2.45) is 0 Å². The number of hydrogen-bond donors (Lipinski definition) is 2. The lowest BCUT2D eigenvalue weighted by Crippen LogP contribution is -2.09. The van der Waals surface area contributed by atoms with Crippen molar-refractivity contribution in [1.82, 2.24) is 5.32 Å². The number of aryl methyl sites for hydroxylation is 1. The molecule has 0 aromatic heterocycles. The van der Waals surface area contributed by atoms with Gasteiger partial charge < -0.3 is 15.5 Å². The SMILES string of the molecule is CNCCCc1ccccc1SC1CNc2ccc(N(C)C)cc21. The number of nitrogens with zero attached hydrogens (tertiary/aromatic N) is 1. The van der Waals surface area contributed by atoms with E-state index in [9.17, 15) is 0 Å². The molecule has 1 aliphatic heterocycles. The molecule has 0 saturated heterocycles. The van der Waals surface area contributed by atoms with Gasteiger partial charge >= 0.3 is 0 Å². The summed E-state index contributed by atoms with van der Waals surface area (Å²) in [5.74, 6) is 0. The van der Waals surface area contributed by atoms with Crippen LogP contribution in [-0.4, -0.2) is 34.2 Å². The molecule has 1 heterocycles. The standard InChI is InChI=1S/C20H27N3S/c1-21-12-6-8-15-7-4-5-9-19(15)24-20-14-22-18-11-10-16(23(2)3)13-17(18)20/h4-5,7,9-11,13,20-22H,6,8,12,14H2,1-3H3. The van der Waals surface area contributed by atoms with Gasteiger partial charge in [-0.2, -0.15) is 0 Å². The zero-order valence-electron chi connectivity index (χ0n) is 14.8. The molecule has 1 atom stereocenters. The van der Waals surface area contributed by atoms with Crippen LogP contribution in [0.3, 0.4) is 0 Å². The zero-order valence-corrected chi connectivity index (χ0v) is 15.6. The van der Waals surface area contributed by atoms with Crippen LogP contribution in [0.2, 0.25) is 0 Å². The molecule has 128 valence electrons. The summed E-state index contributed by atoms with van der Waals surface area (Å²) in [4.78, 5) is 3.59. The fourth-order valence-corrected chi connectivity index (χ4v) is 4.38. The number of hydrogen-bond acceptors (Lipinski definition) is 4. The van der Waals surface area contributed by atoms with Gasteiger partial charge in [0.15, 0.2) is 0 Å². The van der Waals surface area contributed by atoms with Gasteiger partial charge in [-0.05, 0) is 61.8 Å². The summed E-state index contributed by atoms with van der Waals surface area (Å²) in [6.45, 7) is 2.07. The van der Waals surface area contributed by atoms with Crippen molar-refractivity contribution in [2.45, 2.75) is 23.0 Å². The fraction of sp³-hybridized carbons (Fsp3) is 0.400. The average Bonchev–Trinajstić information content (AvgIpc) is 2.99. The number of anilines is 2. The first-order chi connectivity index (χ1) is 11.7. The quantitative estimate of drug-likeness (QED) is 0.739. The van der Waals surface area contributed by atoms with Gasteiger partial charge in [0.25, 0.3) is 0 Å². The first-order valence-corrected chi connectivity index (χ1v) is 9.51. The summed E-state index contributed by atoms with van der Waals surface area (Å²) >= 11 is 2.00. The van der Waals surface area contributed by atoms with Crippen LogP contribution in [-0.2, 0) is 6.42 Å². The Bertz CT molecular complexity index is 684. The Morgan fingerprint density at radius 3 is 2.83 bits per heavy atom. The van der Waals surface area contributed by atoms with Gasteiger partial charge in [0.2, 0.25) is 0 Å². The molecule has 3 rings (SSSR count). The number of thioether (sulfide) groups is 1. The maximum atomic E-state index is 3.56. The van der Waals surface area contributed by atoms with Crippen LogP contribution in [0, 0.1) is 0 Å². The molecule has 0 saturated carbocycles. The minimum absolute atomic E-state index is 0.477.